The van der Waals surface area contributed by atoms with E-state index < -0.39 is 0 Å². The second-order valence-electron chi connectivity index (χ2n) is 5.50. The van der Waals surface area contributed by atoms with E-state index in [-0.39, 0.29) is 6.04 Å². The van der Waals surface area contributed by atoms with Gasteiger partial charge in [0.2, 0.25) is 0 Å². The van der Waals surface area contributed by atoms with Gasteiger partial charge in [-0.1, -0.05) is 25.1 Å². The predicted molar refractivity (Wildman–Crippen MR) is 83.1 cm³/mol. The van der Waals surface area contributed by atoms with Crippen LogP contribution in [-0.2, 0) is 0 Å². The maximum atomic E-state index is 6.31. The van der Waals surface area contributed by atoms with Gasteiger partial charge in [0.15, 0.2) is 0 Å². The number of likely N-dealkylation sites (tertiary alicyclic amines) is 1. The molecule has 2 unspecified atom stereocenters. The highest BCUT2D eigenvalue weighted by Crippen LogP contribution is 2.33. The summed E-state index contributed by atoms with van der Waals surface area (Å²) in [7, 11) is 1.70. The molecule has 106 valence electrons. The number of hydrogen-bond donors (Lipinski definition) is 1. The molecule has 1 aliphatic heterocycles. The number of fused-ring (bicyclic) bond motifs is 1. The van der Waals surface area contributed by atoms with E-state index in [1.807, 2.05) is 6.07 Å². The van der Waals surface area contributed by atoms with Crippen molar-refractivity contribution < 1.29 is 4.74 Å². The third-order valence-electron chi connectivity index (χ3n) is 4.37. The van der Waals surface area contributed by atoms with E-state index in [1.165, 1.54) is 16.3 Å². The van der Waals surface area contributed by atoms with Gasteiger partial charge in [0.25, 0.3) is 0 Å². The highest BCUT2D eigenvalue weighted by Gasteiger charge is 2.31. The van der Waals surface area contributed by atoms with Crippen LogP contribution in [0.1, 0.15) is 24.9 Å². The van der Waals surface area contributed by atoms with Crippen molar-refractivity contribution in [3.05, 3.63) is 42.0 Å². The third-order valence-corrected chi connectivity index (χ3v) is 4.37. The molecular weight excluding hydrogens is 248 g/mol. The number of benzene rings is 2. The predicted octanol–water partition coefficient (Wildman–Crippen LogP) is 2.94. The first kappa shape index (κ1) is 13.4. The van der Waals surface area contributed by atoms with Crippen molar-refractivity contribution in [3.63, 3.8) is 0 Å². The molecule has 0 bridgehead atoms. The lowest BCUT2D eigenvalue weighted by Crippen LogP contribution is -2.31. The summed E-state index contributed by atoms with van der Waals surface area (Å²) in [4.78, 5) is 2.47. The van der Waals surface area contributed by atoms with Crippen LogP contribution in [0.15, 0.2) is 36.4 Å². The maximum absolute atomic E-state index is 6.31. The van der Waals surface area contributed by atoms with Crippen molar-refractivity contribution >= 4 is 10.8 Å². The standard InChI is InChI=1S/C17H22N2O/c1-3-19-9-8-16(18)17(19)14-5-4-13-11-15(20-2)7-6-12(13)10-14/h4-7,10-11,16-17H,3,8-9,18H2,1-2H3. The molecular formula is C17H22N2O. The van der Waals surface area contributed by atoms with Crippen LogP contribution in [0.5, 0.6) is 5.75 Å². The Hall–Kier alpha value is -1.58. The normalized spacial score (nSPS) is 23.4. The highest BCUT2D eigenvalue weighted by molar-refractivity contribution is 5.84. The number of ether oxygens (including phenoxy) is 1. The van der Waals surface area contributed by atoms with Crippen LogP contribution >= 0.6 is 0 Å². The Morgan fingerprint density at radius 2 is 1.95 bits per heavy atom. The molecule has 0 aromatic heterocycles. The molecule has 1 fully saturated rings. The molecule has 1 saturated heterocycles. The van der Waals surface area contributed by atoms with Gasteiger partial charge in [0.05, 0.1) is 7.11 Å². The Morgan fingerprint density at radius 3 is 2.70 bits per heavy atom. The van der Waals surface area contributed by atoms with Crippen LogP contribution in [0.3, 0.4) is 0 Å². The molecule has 1 aliphatic rings. The fourth-order valence-corrected chi connectivity index (χ4v) is 3.25. The fourth-order valence-electron chi connectivity index (χ4n) is 3.25. The Labute approximate surface area is 120 Å². The van der Waals surface area contributed by atoms with Crippen molar-refractivity contribution in [1.82, 2.24) is 4.90 Å². The Kier molecular flexibility index (Phi) is 3.64. The minimum Gasteiger partial charge on any atom is -0.497 e. The average Bonchev–Trinajstić information content (AvgIpc) is 2.87. The fraction of sp³-hybridized carbons (Fsp3) is 0.412. The number of rotatable bonds is 3. The molecule has 2 aromatic rings. The molecule has 20 heavy (non-hydrogen) atoms. The van der Waals surface area contributed by atoms with E-state index in [4.69, 9.17) is 10.5 Å². The minimum absolute atomic E-state index is 0.241. The summed E-state index contributed by atoms with van der Waals surface area (Å²) < 4.78 is 5.28. The molecule has 3 heteroatoms. The smallest absolute Gasteiger partial charge is 0.119 e. The first-order valence-electron chi connectivity index (χ1n) is 7.30. The molecule has 0 amide bonds. The van der Waals surface area contributed by atoms with Crippen LogP contribution in [0.4, 0.5) is 0 Å². The van der Waals surface area contributed by atoms with Crippen molar-refractivity contribution in [2.45, 2.75) is 25.4 Å². The largest absolute Gasteiger partial charge is 0.497 e. The molecule has 3 rings (SSSR count). The number of nitrogens with zero attached hydrogens (tertiary/aromatic N) is 1. The van der Waals surface area contributed by atoms with E-state index in [1.54, 1.807) is 7.11 Å². The first-order valence-corrected chi connectivity index (χ1v) is 7.30. The number of methoxy groups -OCH3 is 1. The Bertz CT molecular complexity index is 611. The molecule has 2 atom stereocenters. The second kappa shape index (κ2) is 5.43. The highest BCUT2D eigenvalue weighted by atomic mass is 16.5. The van der Waals surface area contributed by atoms with Crippen LogP contribution < -0.4 is 10.5 Å². The maximum Gasteiger partial charge on any atom is 0.119 e. The average molecular weight is 270 g/mol. The second-order valence-corrected chi connectivity index (χ2v) is 5.50. The van der Waals surface area contributed by atoms with E-state index >= 15 is 0 Å². The molecule has 0 radical (unpaired) electrons. The minimum atomic E-state index is 0.241. The number of likely N-dealkylation sites (N-methyl/N-ethyl adjacent to an activating group) is 1. The molecule has 2 N–H and O–H groups in total. The van der Waals surface area contributed by atoms with Gasteiger partial charge in [-0.25, -0.2) is 0 Å². The van der Waals surface area contributed by atoms with E-state index in [0.717, 1.165) is 25.3 Å². The zero-order valence-corrected chi connectivity index (χ0v) is 12.2. The lowest BCUT2D eigenvalue weighted by atomic mass is 9.97. The molecule has 0 saturated carbocycles. The van der Waals surface area contributed by atoms with Gasteiger partial charge >= 0.3 is 0 Å². The molecule has 3 nitrogen and oxygen atoms in total. The summed E-state index contributed by atoms with van der Waals surface area (Å²) in [6, 6.07) is 13.5. The van der Waals surface area contributed by atoms with Gasteiger partial charge < -0.3 is 10.5 Å². The van der Waals surface area contributed by atoms with Crippen molar-refractivity contribution in [1.29, 1.82) is 0 Å². The van der Waals surface area contributed by atoms with Gasteiger partial charge in [0.1, 0.15) is 5.75 Å². The van der Waals surface area contributed by atoms with E-state index in [0.29, 0.717) is 6.04 Å². The topological polar surface area (TPSA) is 38.5 Å². The lowest BCUT2D eigenvalue weighted by molar-refractivity contribution is 0.261. The van der Waals surface area contributed by atoms with Crippen molar-refractivity contribution in [2.75, 3.05) is 20.2 Å². The van der Waals surface area contributed by atoms with Gasteiger partial charge in [-0.2, -0.15) is 0 Å². The SMILES string of the molecule is CCN1CCC(N)C1c1ccc2cc(OC)ccc2c1. The summed E-state index contributed by atoms with van der Waals surface area (Å²) in [5, 5.41) is 2.46. The number of nitrogens with two attached hydrogens (primary N) is 1. The third kappa shape index (κ3) is 2.28. The van der Waals surface area contributed by atoms with Crippen molar-refractivity contribution in [2.24, 2.45) is 5.73 Å². The summed E-state index contributed by atoms with van der Waals surface area (Å²) >= 11 is 0. The van der Waals surface area contributed by atoms with Crippen LogP contribution in [-0.4, -0.2) is 31.1 Å². The van der Waals surface area contributed by atoms with Gasteiger partial charge in [-0.15, -0.1) is 0 Å². The zero-order chi connectivity index (χ0) is 14.1. The van der Waals surface area contributed by atoms with Gasteiger partial charge in [-0.05, 0) is 47.5 Å². The monoisotopic (exact) mass is 270 g/mol. The van der Waals surface area contributed by atoms with Crippen LogP contribution in [0.25, 0.3) is 10.8 Å². The quantitative estimate of drug-likeness (QED) is 0.932. The molecule has 0 aliphatic carbocycles. The van der Waals surface area contributed by atoms with Gasteiger partial charge in [0, 0.05) is 18.6 Å². The van der Waals surface area contributed by atoms with E-state index in [2.05, 4.69) is 42.2 Å². The van der Waals surface area contributed by atoms with Crippen LogP contribution in [0, 0.1) is 0 Å². The number of hydrogen-bond acceptors (Lipinski definition) is 3. The summed E-state index contributed by atoms with van der Waals surface area (Å²) in [5.41, 5.74) is 7.63. The summed E-state index contributed by atoms with van der Waals surface area (Å²) in [6.07, 6.45) is 1.08. The lowest BCUT2D eigenvalue weighted by Gasteiger charge is -2.26. The van der Waals surface area contributed by atoms with Gasteiger partial charge in [-0.3, -0.25) is 4.90 Å². The molecule has 2 aromatic carbocycles. The summed E-state index contributed by atoms with van der Waals surface area (Å²) in [6.45, 7) is 4.36. The first-order chi connectivity index (χ1) is 9.72. The van der Waals surface area contributed by atoms with Crippen molar-refractivity contribution in [3.8, 4) is 5.75 Å². The Balaban J connectivity index is 2.00. The summed E-state index contributed by atoms with van der Waals surface area (Å²) in [5.74, 6) is 0.901. The molecule has 0 spiro atoms. The zero-order valence-electron chi connectivity index (χ0n) is 12.2. The Morgan fingerprint density at radius 1 is 1.20 bits per heavy atom. The molecule has 1 heterocycles. The van der Waals surface area contributed by atoms with Crippen LogP contribution in [0.2, 0.25) is 0 Å². The van der Waals surface area contributed by atoms with E-state index in [9.17, 15) is 0 Å².